The Labute approximate surface area is 194 Å². The highest BCUT2D eigenvalue weighted by atomic mass is 127. The lowest BCUT2D eigenvalue weighted by Crippen LogP contribution is -2.38. The Morgan fingerprint density at radius 1 is 1.23 bits per heavy atom. The monoisotopic (exact) mass is 524 g/mol. The Hall–Kier alpha value is -2.49. The van der Waals surface area contributed by atoms with Gasteiger partial charge in [0.05, 0.1) is 13.7 Å². The van der Waals surface area contributed by atoms with Crippen molar-refractivity contribution in [3.05, 3.63) is 53.6 Å². The molecule has 1 aliphatic heterocycles. The quantitative estimate of drug-likeness (QED) is 0.254. The van der Waals surface area contributed by atoms with Gasteiger partial charge in [0.2, 0.25) is 5.91 Å². The van der Waals surface area contributed by atoms with E-state index in [1.807, 2.05) is 43.3 Å². The third-order valence-corrected chi connectivity index (χ3v) is 4.91. The van der Waals surface area contributed by atoms with Gasteiger partial charge in [0.15, 0.2) is 17.5 Å². The summed E-state index contributed by atoms with van der Waals surface area (Å²) in [5, 5.41) is 19.7. The minimum Gasteiger partial charge on any atom is -0.504 e. The van der Waals surface area contributed by atoms with E-state index in [4.69, 9.17) is 4.74 Å². The number of anilines is 1. The summed E-state index contributed by atoms with van der Waals surface area (Å²) >= 11 is 0. The third-order valence-electron chi connectivity index (χ3n) is 4.91. The third kappa shape index (κ3) is 6.01. The molecule has 0 aromatic heterocycles. The number of benzene rings is 2. The van der Waals surface area contributed by atoms with Crippen LogP contribution in [0.1, 0.15) is 30.4 Å². The van der Waals surface area contributed by atoms with Crippen molar-refractivity contribution in [2.24, 2.45) is 4.99 Å². The van der Waals surface area contributed by atoms with Crippen molar-refractivity contribution in [2.75, 3.05) is 32.1 Å². The van der Waals surface area contributed by atoms with Gasteiger partial charge < -0.3 is 25.8 Å². The van der Waals surface area contributed by atoms with Crippen molar-refractivity contribution >= 4 is 41.5 Å². The highest BCUT2D eigenvalue weighted by molar-refractivity contribution is 14.0. The summed E-state index contributed by atoms with van der Waals surface area (Å²) in [7, 11) is 1.54. The number of nitrogens with zero attached hydrogens (tertiary/aromatic N) is 1. The second kappa shape index (κ2) is 11.6. The molecular weight excluding hydrogens is 495 g/mol. The fourth-order valence-corrected chi connectivity index (χ4v) is 3.46. The molecule has 1 unspecified atom stereocenters. The molecule has 162 valence electrons. The van der Waals surface area contributed by atoms with E-state index in [2.05, 4.69) is 20.9 Å². The van der Waals surface area contributed by atoms with Crippen molar-refractivity contribution in [1.29, 1.82) is 0 Å². The van der Waals surface area contributed by atoms with Crippen LogP contribution in [0.3, 0.4) is 0 Å². The van der Waals surface area contributed by atoms with E-state index >= 15 is 0 Å². The number of carbonyl (C=O) groups excluding carboxylic acids is 1. The van der Waals surface area contributed by atoms with Gasteiger partial charge in [-0.1, -0.05) is 30.3 Å². The first-order valence-corrected chi connectivity index (χ1v) is 9.88. The summed E-state index contributed by atoms with van der Waals surface area (Å²) in [5.41, 5.74) is 2.80. The zero-order valence-electron chi connectivity index (χ0n) is 17.3. The van der Waals surface area contributed by atoms with Crippen molar-refractivity contribution in [3.8, 4) is 11.5 Å². The number of phenols is 1. The van der Waals surface area contributed by atoms with E-state index in [0.29, 0.717) is 37.6 Å². The van der Waals surface area contributed by atoms with E-state index in [1.54, 1.807) is 6.07 Å². The molecule has 30 heavy (non-hydrogen) atoms. The molecule has 1 amide bonds. The molecule has 0 saturated heterocycles. The number of hydrogen-bond donors (Lipinski definition) is 4. The summed E-state index contributed by atoms with van der Waals surface area (Å²) in [6.07, 6.45) is 1.06. The lowest BCUT2D eigenvalue weighted by molar-refractivity contribution is -0.116. The Balaban J connectivity index is 0.00000320. The zero-order chi connectivity index (χ0) is 20.6. The van der Waals surface area contributed by atoms with Gasteiger partial charge in [-0.15, -0.1) is 24.0 Å². The van der Waals surface area contributed by atoms with E-state index in [1.165, 1.54) is 7.11 Å². The highest BCUT2D eigenvalue weighted by Gasteiger charge is 2.24. The second-order valence-corrected chi connectivity index (χ2v) is 6.90. The molecule has 0 bridgehead atoms. The van der Waals surface area contributed by atoms with Gasteiger partial charge in [0.1, 0.15) is 0 Å². The smallest absolute Gasteiger partial charge is 0.225 e. The fourth-order valence-electron chi connectivity index (χ4n) is 3.46. The average Bonchev–Trinajstić information content (AvgIpc) is 2.72. The summed E-state index contributed by atoms with van der Waals surface area (Å²) < 4.78 is 5.16. The molecule has 3 rings (SSSR count). The number of carbonyl (C=O) groups is 1. The molecule has 0 spiro atoms. The van der Waals surface area contributed by atoms with Gasteiger partial charge >= 0.3 is 0 Å². The maximum atomic E-state index is 12.0. The highest BCUT2D eigenvalue weighted by Crippen LogP contribution is 2.32. The number of aromatic hydroxyl groups is 1. The van der Waals surface area contributed by atoms with E-state index in [0.717, 1.165) is 23.4 Å². The van der Waals surface area contributed by atoms with Crippen LogP contribution in [0.15, 0.2) is 47.5 Å². The van der Waals surface area contributed by atoms with Crippen LogP contribution in [0.5, 0.6) is 11.5 Å². The van der Waals surface area contributed by atoms with Gasteiger partial charge in [-0.2, -0.15) is 0 Å². The number of methoxy groups -OCH3 is 1. The molecule has 8 heteroatoms. The van der Waals surface area contributed by atoms with Crippen LogP contribution in [0.25, 0.3) is 0 Å². The summed E-state index contributed by atoms with van der Waals surface area (Å²) in [5.74, 6) is 1.41. The Kier molecular flexibility index (Phi) is 9.22. The molecule has 0 saturated carbocycles. The fraction of sp³-hybridized carbons (Fsp3) is 0.364. The first kappa shape index (κ1) is 23.8. The molecule has 2 aromatic rings. The topological polar surface area (TPSA) is 95.0 Å². The van der Waals surface area contributed by atoms with Crippen LogP contribution in [0.2, 0.25) is 0 Å². The van der Waals surface area contributed by atoms with Crippen LogP contribution < -0.4 is 20.7 Å². The molecule has 7 nitrogen and oxygen atoms in total. The van der Waals surface area contributed by atoms with Crippen molar-refractivity contribution in [3.63, 3.8) is 0 Å². The standard InChI is InChI=1S/C22H28N4O3.HI/c1-3-23-22(24-12-11-15-7-6-10-19(29-2)21(15)28)25-14-16-13-20(27)26-18-9-5-4-8-17(16)18;/h4-10,16,28H,3,11-14H2,1-2H3,(H,26,27)(H2,23,24,25);1H. The van der Waals surface area contributed by atoms with Gasteiger partial charge in [-0.25, -0.2) is 0 Å². The number of halogens is 1. The lowest BCUT2D eigenvalue weighted by Gasteiger charge is -2.24. The lowest BCUT2D eigenvalue weighted by atomic mass is 9.91. The Morgan fingerprint density at radius 2 is 2.03 bits per heavy atom. The number of amides is 1. The number of nitrogens with one attached hydrogen (secondary N) is 3. The minimum atomic E-state index is 0. The minimum absolute atomic E-state index is 0. The number of phenolic OH excluding ortho intramolecular Hbond substituents is 1. The molecule has 0 aliphatic carbocycles. The predicted molar refractivity (Wildman–Crippen MR) is 130 cm³/mol. The number of para-hydroxylation sites is 2. The van der Waals surface area contributed by atoms with Gasteiger partial charge in [-0.05, 0) is 36.6 Å². The van der Waals surface area contributed by atoms with Crippen molar-refractivity contribution in [1.82, 2.24) is 10.6 Å². The molecule has 2 aromatic carbocycles. The second-order valence-electron chi connectivity index (χ2n) is 6.90. The van der Waals surface area contributed by atoms with Crippen LogP contribution >= 0.6 is 24.0 Å². The molecule has 1 aliphatic rings. The number of fused-ring (bicyclic) bond motifs is 1. The van der Waals surface area contributed by atoms with Crippen LogP contribution in [0.4, 0.5) is 5.69 Å². The summed E-state index contributed by atoms with van der Waals surface area (Å²) in [6, 6.07) is 13.3. The molecule has 1 heterocycles. The maximum absolute atomic E-state index is 12.0. The number of hydrogen-bond acceptors (Lipinski definition) is 4. The van der Waals surface area contributed by atoms with E-state index < -0.39 is 0 Å². The molecular formula is C22H29IN4O3. The molecule has 4 N–H and O–H groups in total. The van der Waals surface area contributed by atoms with Crippen LogP contribution in [-0.2, 0) is 11.2 Å². The number of guanidine groups is 1. The van der Waals surface area contributed by atoms with Crippen LogP contribution in [0, 0.1) is 0 Å². The summed E-state index contributed by atoms with van der Waals surface area (Å²) in [6.45, 7) is 3.87. The molecule has 1 atom stereocenters. The normalized spacial score (nSPS) is 15.5. The predicted octanol–water partition coefficient (Wildman–Crippen LogP) is 3.24. The SMILES string of the molecule is CCNC(=NCC1CC(=O)Nc2ccccc21)NCCc1cccc(OC)c1O.I. The number of ether oxygens (including phenoxy) is 1. The number of rotatable bonds is 7. The zero-order valence-corrected chi connectivity index (χ0v) is 19.6. The van der Waals surface area contributed by atoms with E-state index in [9.17, 15) is 9.90 Å². The van der Waals surface area contributed by atoms with Crippen molar-refractivity contribution < 1.29 is 14.6 Å². The van der Waals surface area contributed by atoms with Crippen molar-refractivity contribution in [2.45, 2.75) is 25.7 Å². The molecule has 0 radical (unpaired) electrons. The summed E-state index contributed by atoms with van der Waals surface area (Å²) in [4.78, 5) is 16.7. The Morgan fingerprint density at radius 3 is 2.80 bits per heavy atom. The maximum Gasteiger partial charge on any atom is 0.225 e. The largest absolute Gasteiger partial charge is 0.504 e. The van der Waals surface area contributed by atoms with Gasteiger partial charge in [0.25, 0.3) is 0 Å². The number of aliphatic imine (C=N–C) groups is 1. The van der Waals surface area contributed by atoms with Gasteiger partial charge in [-0.3, -0.25) is 9.79 Å². The van der Waals surface area contributed by atoms with Gasteiger partial charge in [0, 0.05) is 31.1 Å². The average molecular weight is 524 g/mol. The molecule has 0 fully saturated rings. The Bertz CT molecular complexity index is 888. The first-order valence-electron chi connectivity index (χ1n) is 9.88. The first-order chi connectivity index (χ1) is 14.1. The van der Waals surface area contributed by atoms with Crippen LogP contribution in [-0.4, -0.2) is 43.7 Å². The van der Waals surface area contributed by atoms with E-state index in [-0.39, 0.29) is 41.6 Å².